The van der Waals surface area contributed by atoms with Crippen LogP contribution in [-0.4, -0.2) is 70.7 Å². The molecule has 2 unspecified atom stereocenters. The van der Waals surface area contributed by atoms with Crippen molar-refractivity contribution in [3.8, 4) is 0 Å². The second-order valence-corrected chi connectivity index (χ2v) is 21.0. The van der Waals surface area contributed by atoms with E-state index in [-0.39, 0.29) is 25.8 Å². The molecule has 0 spiro atoms. The first-order valence-corrected chi connectivity index (χ1v) is 28.2. The number of ether oxygens (including phenoxy) is 2. The van der Waals surface area contributed by atoms with Crippen LogP contribution in [0.25, 0.3) is 0 Å². The van der Waals surface area contributed by atoms with E-state index in [9.17, 15) is 14.3 Å². The van der Waals surface area contributed by atoms with Gasteiger partial charge in [-0.1, -0.05) is 251 Å². The molecule has 0 fully saturated rings. The van der Waals surface area contributed by atoms with Crippen LogP contribution >= 0.6 is 7.82 Å². The number of esters is 1. The van der Waals surface area contributed by atoms with Crippen molar-refractivity contribution in [2.45, 2.75) is 277 Å². The van der Waals surface area contributed by atoms with Crippen molar-refractivity contribution < 1.29 is 37.3 Å². The Morgan fingerprint density at radius 1 is 0.443 bits per heavy atom. The van der Waals surface area contributed by atoms with Gasteiger partial charge in [0.25, 0.3) is 7.82 Å². The van der Waals surface area contributed by atoms with E-state index < -0.39 is 13.9 Å². The zero-order valence-electron chi connectivity index (χ0n) is 41.6. The fraction of sp³-hybridized carbons (Fsp3) is 0.981. The standard InChI is InChI=1S/C52H106NO7P/c1-6-8-10-12-14-16-18-20-22-23-24-25-26-27-28-29-30-31-32-34-36-38-40-42-44-47-57-49-51(50-59-61(55,56)58-48-46-53(3,4)5)60-52(54)45-43-41-39-37-35-33-21-19-17-15-13-11-9-7-2/h51H,6-50H2,1-5H3. The molecule has 9 heteroatoms. The highest BCUT2D eigenvalue weighted by Crippen LogP contribution is 2.38. The minimum atomic E-state index is -4.52. The molecule has 0 aromatic heterocycles. The maximum Gasteiger partial charge on any atom is 0.306 e. The van der Waals surface area contributed by atoms with Gasteiger partial charge in [0.1, 0.15) is 19.3 Å². The number of quaternary nitrogens is 1. The van der Waals surface area contributed by atoms with E-state index in [1.165, 1.54) is 218 Å². The van der Waals surface area contributed by atoms with Crippen molar-refractivity contribution in [3.63, 3.8) is 0 Å². The van der Waals surface area contributed by atoms with Crippen molar-refractivity contribution in [2.24, 2.45) is 0 Å². The van der Waals surface area contributed by atoms with E-state index in [1.54, 1.807) is 0 Å². The number of hydrogen-bond acceptors (Lipinski definition) is 7. The highest BCUT2D eigenvalue weighted by molar-refractivity contribution is 7.45. The van der Waals surface area contributed by atoms with Crippen molar-refractivity contribution >= 4 is 13.8 Å². The van der Waals surface area contributed by atoms with E-state index in [1.807, 2.05) is 21.1 Å². The molecule has 0 aromatic rings. The van der Waals surface area contributed by atoms with Gasteiger partial charge in [-0.25, -0.2) is 0 Å². The topological polar surface area (TPSA) is 94.1 Å². The molecule has 0 aliphatic rings. The van der Waals surface area contributed by atoms with Crippen LogP contribution in [-0.2, 0) is 27.9 Å². The Kier molecular flexibility index (Phi) is 45.7. The molecule has 0 amide bonds. The van der Waals surface area contributed by atoms with Crippen molar-refractivity contribution in [2.75, 3.05) is 54.1 Å². The average molecular weight is 888 g/mol. The first kappa shape index (κ1) is 60.5. The molecule has 0 aliphatic carbocycles. The molecule has 8 nitrogen and oxygen atoms in total. The number of unbranched alkanes of at least 4 members (excludes halogenated alkanes) is 37. The molecule has 2 atom stereocenters. The molecule has 0 aromatic carbocycles. The molecule has 61 heavy (non-hydrogen) atoms. The minimum Gasteiger partial charge on any atom is -0.756 e. The number of carbonyl (C=O) groups excluding carboxylic acids is 1. The Labute approximate surface area is 380 Å². The molecular weight excluding hydrogens is 782 g/mol. The number of carbonyl (C=O) groups is 1. The van der Waals surface area contributed by atoms with Gasteiger partial charge in [0.15, 0.2) is 0 Å². The average Bonchev–Trinajstić information content (AvgIpc) is 3.22. The summed E-state index contributed by atoms with van der Waals surface area (Å²) < 4.78 is 34.8. The van der Waals surface area contributed by atoms with Crippen molar-refractivity contribution in [1.82, 2.24) is 0 Å². The van der Waals surface area contributed by atoms with Gasteiger partial charge >= 0.3 is 5.97 Å². The van der Waals surface area contributed by atoms with Gasteiger partial charge in [-0.2, -0.15) is 0 Å². The molecule has 0 aliphatic heterocycles. The van der Waals surface area contributed by atoms with Crippen LogP contribution in [0.1, 0.15) is 271 Å². The minimum absolute atomic E-state index is 0.0317. The Morgan fingerprint density at radius 3 is 1.08 bits per heavy atom. The summed E-state index contributed by atoms with van der Waals surface area (Å²) in [6.07, 6.45) is 51.4. The van der Waals surface area contributed by atoms with Crippen molar-refractivity contribution in [3.05, 3.63) is 0 Å². The predicted octanol–water partition coefficient (Wildman–Crippen LogP) is 15.8. The number of hydrogen-bond donors (Lipinski definition) is 0. The van der Waals surface area contributed by atoms with Gasteiger partial charge in [0.05, 0.1) is 34.4 Å². The number of phosphoric ester groups is 1. The summed E-state index contributed by atoms with van der Waals surface area (Å²) in [6, 6.07) is 0. The molecule has 0 bridgehead atoms. The van der Waals surface area contributed by atoms with Crippen LogP contribution < -0.4 is 4.89 Å². The van der Waals surface area contributed by atoms with E-state index in [0.29, 0.717) is 24.1 Å². The van der Waals surface area contributed by atoms with Crippen LogP contribution in [0.3, 0.4) is 0 Å². The monoisotopic (exact) mass is 888 g/mol. The molecular formula is C52H106NO7P. The van der Waals surface area contributed by atoms with E-state index in [4.69, 9.17) is 18.5 Å². The maximum atomic E-state index is 12.7. The first-order valence-electron chi connectivity index (χ1n) is 26.8. The van der Waals surface area contributed by atoms with Gasteiger partial charge in [-0.05, 0) is 12.8 Å². The van der Waals surface area contributed by atoms with E-state index in [2.05, 4.69) is 13.8 Å². The molecule has 366 valence electrons. The molecule has 0 N–H and O–H groups in total. The summed E-state index contributed by atoms with van der Waals surface area (Å²) in [4.78, 5) is 25.1. The normalized spacial score (nSPS) is 13.5. The third kappa shape index (κ3) is 50.4. The summed E-state index contributed by atoms with van der Waals surface area (Å²) in [6.45, 7) is 5.49. The Bertz CT molecular complexity index is 945. The smallest absolute Gasteiger partial charge is 0.306 e. The lowest BCUT2D eigenvalue weighted by Crippen LogP contribution is -2.37. The third-order valence-electron chi connectivity index (χ3n) is 12.2. The van der Waals surface area contributed by atoms with Gasteiger partial charge < -0.3 is 27.9 Å². The molecule has 0 saturated carbocycles. The fourth-order valence-electron chi connectivity index (χ4n) is 8.02. The maximum absolute atomic E-state index is 12.7. The first-order chi connectivity index (χ1) is 29.6. The summed E-state index contributed by atoms with van der Waals surface area (Å²) in [7, 11) is 1.38. The quantitative estimate of drug-likeness (QED) is 0.0260. The van der Waals surface area contributed by atoms with Gasteiger partial charge in [-0.15, -0.1) is 0 Å². The summed E-state index contributed by atoms with van der Waals surface area (Å²) in [5.41, 5.74) is 0. The second-order valence-electron chi connectivity index (χ2n) is 19.6. The second kappa shape index (κ2) is 46.0. The number of nitrogens with zero attached hydrogens (tertiary/aromatic N) is 1. The lowest BCUT2D eigenvalue weighted by atomic mass is 10.0. The largest absolute Gasteiger partial charge is 0.756 e. The zero-order valence-corrected chi connectivity index (χ0v) is 42.5. The summed E-state index contributed by atoms with van der Waals surface area (Å²) in [5, 5.41) is 0. The summed E-state index contributed by atoms with van der Waals surface area (Å²) >= 11 is 0. The lowest BCUT2D eigenvalue weighted by Gasteiger charge is -2.28. The molecule has 0 heterocycles. The predicted molar refractivity (Wildman–Crippen MR) is 259 cm³/mol. The molecule has 0 rings (SSSR count). The van der Waals surface area contributed by atoms with Crippen LogP contribution in [0.5, 0.6) is 0 Å². The SMILES string of the molecule is CCCCCCCCCCCCCCCCCCCCCCCCCCCOCC(COP(=O)([O-])OCC[N+](C)(C)C)OC(=O)CCCCCCCCCCCCCCCC. The van der Waals surface area contributed by atoms with Gasteiger partial charge in [0, 0.05) is 13.0 Å². The van der Waals surface area contributed by atoms with Crippen LogP contribution in [0.15, 0.2) is 0 Å². The fourth-order valence-corrected chi connectivity index (χ4v) is 8.75. The van der Waals surface area contributed by atoms with Crippen LogP contribution in [0.4, 0.5) is 0 Å². The number of rotatable bonds is 51. The Hall–Kier alpha value is -0.500. The van der Waals surface area contributed by atoms with E-state index in [0.717, 1.165) is 32.1 Å². The number of phosphoric acid groups is 1. The molecule has 0 radical (unpaired) electrons. The van der Waals surface area contributed by atoms with Crippen LogP contribution in [0.2, 0.25) is 0 Å². The lowest BCUT2D eigenvalue weighted by molar-refractivity contribution is -0.870. The van der Waals surface area contributed by atoms with Gasteiger partial charge in [0.2, 0.25) is 0 Å². The van der Waals surface area contributed by atoms with E-state index >= 15 is 0 Å². The highest BCUT2D eigenvalue weighted by atomic mass is 31.2. The number of likely N-dealkylation sites (N-methyl/N-ethyl adjacent to an activating group) is 1. The molecule has 0 saturated heterocycles. The van der Waals surface area contributed by atoms with Gasteiger partial charge in [-0.3, -0.25) is 9.36 Å². The third-order valence-corrected chi connectivity index (χ3v) is 13.1. The van der Waals surface area contributed by atoms with Crippen LogP contribution in [0, 0.1) is 0 Å². The Balaban J connectivity index is 3.99. The zero-order chi connectivity index (χ0) is 44.8. The summed E-state index contributed by atoms with van der Waals surface area (Å²) in [5.74, 6) is -0.326. The Morgan fingerprint density at radius 2 is 0.754 bits per heavy atom. The highest BCUT2D eigenvalue weighted by Gasteiger charge is 2.20. The van der Waals surface area contributed by atoms with Crippen molar-refractivity contribution in [1.29, 1.82) is 0 Å².